The first-order chi connectivity index (χ1) is 18.4. The molecule has 38 heavy (non-hydrogen) atoms. The number of para-hydroxylation sites is 1. The maximum atomic E-state index is 13.6. The first-order valence-corrected chi connectivity index (χ1v) is 12.5. The van der Waals surface area contributed by atoms with Crippen LogP contribution in [0.15, 0.2) is 115 Å². The van der Waals surface area contributed by atoms with E-state index in [0.29, 0.717) is 11.3 Å². The molecule has 5 aromatic rings. The molecule has 6 rings (SSSR count). The molecular formula is C33H26N2O3. The van der Waals surface area contributed by atoms with Crippen LogP contribution in [0.1, 0.15) is 17.2 Å². The van der Waals surface area contributed by atoms with Gasteiger partial charge in [0.05, 0.1) is 11.6 Å². The molecule has 5 heteroatoms. The lowest BCUT2D eigenvalue weighted by Crippen LogP contribution is -2.29. The fourth-order valence-electron chi connectivity index (χ4n) is 5.28. The van der Waals surface area contributed by atoms with Crippen LogP contribution in [-0.2, 0) is 9.59 Å². The largest absolute Gasteiger partial charge is 0.507 e. The lowest BCUT2D eigenvalue weighted by molar-refractivity contribution is -0.132. The number of aliphatic hydroxyl groups excluding tert-OH is 1. The molecule has 186 valence electrons. The number of fused-ring (bicyclic) bond motifs is 2. The maximum Gasteiger partial charge on any atom is 0.300 e. The molecule has 1 atom stereocenters. The van der Waals surface area contributed by atoms with Gasteiger partial charge >= 0.3 is 0 Å². The number of hydrogen-bond acceptors (Lipinski definition) is 4. The van der Waals surface area contributed by atoms with Crippen LogP contribution in [0.2, 0.25) is 0 Å². The van der Waals surface area contributed by atoms with Gasteiger partial charge in [0.2, 0.25) is 0 Å². The van der Waals surface area contributed by atoms with Crippen LogP contribution in [0.4, 0.5) is 11.4 Å². The number of Topliss-reactive ketones (excluding diaryl/α,β-unsaturated/α-hetero) is 1. The fraction of sp³-hybridized carbons (Fsp3) is 0.0909. The van der Waals surface area contributed by atoms with Crippen LogP contribution in [-0.4, -0.2) is 30.9 Å². The van der Waals surface area contributed by atoms with Crippen molar-refractivity contribution in [2.45, 2.75) is 6.04 Å². The topological polar surface area (TPSA) is 60.9 Å². The smallest absolute Gasteiger partial charge is 0.300 e. The monoisotopic (exact) mass is 498 g/mol. The third-order valence-corrected chi connectivity index (χ3v) is 7.21. The second-order valence-corrected chi connectivity index (χ2v) is 9.72. The number of benzene rings is 5. The van der Waals surface area contributed by atoms with Gasteiger partial charge in [0.1, 0.15) is 5.76 Å². The predicted molar refractivity (Wildman–Crippen MR) is 153 cm³/mol. The summed E-state index contributed by atoms with van der Waals surface area (Å²) < 4.78 is 0. The average molecular weight is 499 g/mol. The Hall–Kier alpha value is -4.90. The third kappa shape index (κ3) is 3.80. The molecule has 1 aliphatic rings. The Morgan fingerprint density at radius 1 is 0.737 bits per heavy atom. The van der Waals surface area contributed by atoms with Gasteiger partial charge in [0.15, 0.2) is 0 Å². The molecule has 0 radical (unpaired) electrons. The van der Waals surface area contributed by atoms with E-state index in [0.717, 1.165) is 32.8 Å². The van der Waals surface area contributed by atoms with E-state index >= 15 is 0 Å². The lowest BCUT2D eigenvalue weighted by Gasteiger charge is -2.26. The van der Waals surface area contributed by atoms with Crippen LogP contribution in [0.3, 0.4) is 0 Å². The zero-order chi connectivity index (χ0) is 26.4. The third-order valence-electron chi connectivity index (χ3n) is 7.21. The zero-order valence-corrected chi connectivity index (χ0v) is 21.1. The van der Waals surface area contributed by atoms with Crippen LogP contribution in [0.25, 0.3) is 27.3 Å². The van der Waals surface area contributed by atoms with E-state index in [9.17, 15) is 14.7 Å². The van der Waals surface area contributed by atoms with Gasteiger partial charge in [-0.05, 0) is 63.5 Å². The number of rotatable bonds is 4. The van der Waals surface area contributed by atoms with Gasteiger partial charge in [-0.3, -0.25) is 14.5 Å². The number of nitrogens with zero attached hydrogens (tertiary/aromatic N) is 2. The molecule has 0 spiro atoms. The molecule has 5 aromatic carbocycles. The Morgan fingerprint density at radius 3 is 2.05 bits per heavy atom. The number of aliphatic hydroxyl groups is 1. The van der Waals surface area contributed by atoms with Gasteiger partial charge in [-0.1, -0.05) is 72.8 Å². The molecule has 1 saturated heterocycles. The van der Waals surface area contributed by atoms with Crippen molar-refractivity contribution >= 4 is 50.4 Å². The molecule has 1 amide bonds. The van der Waals surface area contributed by atoms with Gasteiger partial charge in [-0.25, -0.2) is 0 Å². The number of hydrogen-bond donors (Lipinski definition) is 1. The summed E-state index contributed by atoms with van der Waals surface area (Å²) in [6.07, 6.45) is 0. The summed E-state index contributed by atoms with van der Waals surface area (Å²) in [5.41, 5.74) is 2.93. The first-order valence-electron chi connectivity index (χ1n) is 12.5. The summed E-state index contributed by atoms with van der Waals surface area (Å²) >= 11 is 0. The summed E-state index contributed by atoms with van der Waals surface area (Å²) in [4.78, 5) is 30.5. The summed E-state index contributed by atoms with van der Waals surface area (Å²) in [6.45, 7) is 0. The van der Waals surface area contributed by atoms with Gasteiger partial charge in [-0.2, -0.15) is 0 Å². The van der Waals surface area contributed by atoms with Crippen molar-refractivity contribution in [3.63, 3.8) is 0 Å². The highest BCUT2D eigenvalue weighted by molar-refractivity contribution is 6.51. The Balaban J connectivity index is 1.60. The number of ketones is 1. The van der Waals surface area contributed by atoms with Gasteiger partial charge < -0.3 is 10.0 Å². The van der Waals surface area contributed by atoms with Crippen LogP contribution >= 0.6 is 0 Å². The molecule has 0 saturated carbocycles. The van der Waals surface area contributed by atoms with Crippen molar-refractivity contribution in [3.05, 3.63) is 126 Å². The van der Waals surface area contributed by atoms with E-state index in [1.54, 1.807) is 18.2 Å². The molecule has 1 heterocycles. The Kier molecular flexibility index (Phi) is 5.69. The minimum Gasteiger partial charge on any atom is -0.507 e. The minimum absolute atomic E-state index is 0.0807. The molecule has 1 N–H and O–H groups in total. The Morgan fingerprint density at radius 2 is 1.37 bits per heavy atom. The van der Waals surface area contributed by atoms with E-state index < -0.39 is 17.7 Å². The van der Waals surface area contributed by atoms with Crippen LogP contribution in [0.5, 0.6) is 0 Å². The standard InChI is InChI=1S/C33H26N2O3/c1-34(2)25-17-15-21(16-18-25)30-29(32(37)33(38)35(30)26-12-4-3-5-13-26)31(36)27-14-8-11-24-19-22-9-6-7-10-23(22)20-28(24)27/h3-20,30,36H,1-2H3/t30-/m0/s1. The molecule has 5 nitrogen and oxygen atoms in total. The predicted octanol–water partition coefficient (Wildman–Crippen LogP) is 6.69. The van der Waals surface area contributed by atoms with Crippen molar-refractivity contribution in [1.29, 1.82) is 0 Å². The molecule has 0 aromatic heterocycles. The van der Waals surface area contributed by atoms with Gasteiger partial charge in [-0.15, -0.1) is 0 Å². The summed E-state index contributed by atoms with van der Waals surface area (Å²) in [7, 11) is 3.91. The lowest BCUT2D eigenvalue weighted by atomic mass is 9.92. The maximum absolute atomic E-state index is 13.6. The van der Waals surface area contributed by atoms with Crippen molar-refractivity contribution in [3.8, 4) is 0 Å². The van der Waals surface area contributed by atoms with Gasteiger partial charge in [0.25, 0.3) is 11.7 Å². The Bertz CT molecular complexity index is 1740. The summed E-state index contributed by atoms with van der Waals surface area (Å²) in [6, 6.07) is 33.8. The van der Waals surface area contributed by atoms with Crippen molar-refractivity contribution in [2.24, 2.45) is 0 Å². The fourth-order valence-corrected chi connectivity index (χ4v) is 5.28. The van der Waals surface area contributed by atoms with Crippen molar-refractivity contribution in [1.82, 2.24) is 0 Å². The van der Waals surface area contributed by atoms with Crippen LogP contribution in [0, 0.1) is 0 Å². The van der Waals surface area contributed by atoms with E-state index in [1.165, 1.54) is 4.90 Å². The first kappa shape index (κ1) is 23.5. The highest BCUT2D eigenvalue weighted by Crippen LogP contribution is 2.43. The molecule has 0 unspecified atom stereocenters. The zero-order valence-electron chi connectivity index (χ0n) is 21.1. The molecule has 0 aliphatic carbocycles. The number of carbonyl (C=O) groups is 2. The van der Waals surface area contributed by atoms with Crippen molar-refractivity contribution in [2.75, 3.05) is 23.9 Å². The number of anilines is 2. The summed E-state index contributed by atoms with van der Waals surface area (Å²) in [5, 5.41) is 15.7. The average Bonchev–Trinajstić information content (AvgIpc) is 3.21. The quantitative estimate of drug-likeness (QED) is 0.130. The number of carbonyl (C=O) groups excluding carboxylic acids is 2. The summed E-state index contributed by atoms with van der Waals surface area (Å²) in [5.74, 6) is -1.54. The SMILES string of the molecule is CN(C)c1ccc([C@H]2C(=C(O)c3cccc4cc5ccccc5cc34)C(=O)C(=O)N2c2ccccc2)cc1. The van der Waals surface area contributed by atoms with E-state index in [-0.39, 0.29) is 11.3 Å². The second-order valence-electron chi connectivity index (χ2n) is 9.72. The molecular weight excluding hydrogens is 472 g/mol. The van der Waals surface area contributed by atoms with E-state index in [4.69, 9.17) is 0 Å². The second kappa shape index (κ2) is 9.20. The normalized spacial score (nSPS) is 16.9. The van der Waals surface area contributed by atoms with E-state index in [2.05, 4.69) is 6.07 Å². The molecule has 1 aliphatic heterocycles. The number of amides is 1. The Labute approximate surface area is 220 Å². The van der Waals surface area contributed by atoms with Gasteiger partial charge in [0, 0.05) is 31.0 Å². The molecule has 0 bridgehead atoms. The highest BCUT2D eigenvalue weighted by Gasteiger charge is 2.47. The molecule has 1 fully saturated rings. The van der Waals surface area contributed by atoms with E-state index in [1.807, 2.05) is 104 Å². The van der Waals surface area contributed by atoms with Crippen molar-refractivity contribution < 1.29 is 14.7 Å². The van der Waals surface area contributed by atoms with Crippen LogP contribution < -0.4 is 9.80 Å². The highest BCUT2D eigenvalue weighted by atomic mass is 16.3. The minimum atomic E-state index is -0.774.